The van der Waals surface area contributed by atoms with E-state index in [-0.39, 0.29) is 5.60 Å². The van der Waals surface area contributed by atoms with Crippen LogP contribution in [0, 0.1) is 0 Å². The molecule has 0 aliphatic carbocycles. The van der Waals surface area contributed by atoms with E-state index in [4.69, 9.17) is 9.47 Å². The van der Waals surface area contributed by atoms with Crippen LogP contribution in [-0.2, 0) is 11.2 Å². The standard InChI is InChI=1S/C13H15BrO2/c14-11-2-3-12-10(8-11)4-6-13(16-12)5-1-7-15-9-13/h2-3,8H,1,4-7,9H2. The number of rotatable bonds is 0. The molecule has 16 heavy (non-hydrogen) atoms. The zero-order chi connectivity index (χ0) is 11.0. The Morgan fingerprint density at radius 3 is 3.00 bits per heavy atom. The van der Waals surface area contributed by atoms with Crippen molar-refractivity contribution in [3.63, 3.8) is 0 Å². The van der Waals surface area contributed by atoms with E-state index in [1.807, 2.05) is 6.07 Å². The molecule has 0 saturated carbocycles. The molecule has 1 unspecified atom stereocenters. The van der Waals surface area contributed by atoms with Crippen LogP contribution in [0.2, 0.25) is 0 Å². The Morgan fingerprint density at radius 1 is 1.25 bits per heavy atom. The SMILES string of the molecule is Brc1ccc2c(c1)CCC1(CCCOC1)O2. The number of hydrogen-bond acceptors (Lipinski definition) is 2. The molecule has 2 aliphatic heterocycles. The van der Waals surface area contributed by atoms with E-state index in [1.54, 1.807) is 0 Å². The van der Waals surface area contributed by atoms with E-state index in [1.165, 1.54) is 5.56 Å². The molecule has 3 rings (SSSR count). The fourth-order valence-electron chi connectivity index (χ4n) is 2.59. The summed E-state index contributed by atoms with van der Waals surface area (Å²) in [5.74, 6) is 1.04. The minimum Gasteiger partial charge on any atom is -0.485 e. The van der Waals surface area contributed by atoms with Crippen molar-refractivity contribution >= 4 is 15.9 Å². The topological polar surface area (TPSA) is 18.5 Å². The van der Waals surface area contributed by atoms with Gasteiger partial charge in [-0.15, -0.1) is 0 Å². The van der Waals surface area contributed by atoms with E-state index >= 15 is 0 Å². The van der Waals surface area contributed by atoms with E-state index in [0.717, 1.165) is 49.1 Å². The Labute approximate surface area is 104 Å². The molecule has 1 fully saturated rings. The highest BCUT2D eigenvalue weighted by Crippen LogP contribution is 2.38. The maximum absolute atomic E-state index is 6.17. The zero-order valence-electron chi connectivity index (χ0n) is 9.17. The molecular weight excluding hydrogens is 268 g/mol. The van der Waals surface area contributed by atoms with E-state index < -0.39 is 0 Å². The summed E-state index contributed by atoms with van der Waals surface area (Å²) in [4.78, 5) is 0. The van der Waals surface area contributed by atoms with Crippen molar-refractivity contribution in [3.05, 3.63) is 28.2 Å². The van der Waals surface area contributed by atoms with E-state index in [9.17, 15) is 0 Å². The third-order valence-electron chi connectivity index (χ3n) is 3.49. The number of hydrogen-bond donors (Lipinski definition) is 0. The maximum Gasteiger partial charge on any atom is 0.133 e. The number of benzene rings is 1. The highest BCUT2D eigenvalue weighted by atomic mass is 79.9. The molecule has 0 aromatic heterocycles. The number of aryl methyl sites for hydroxylation is 1. The molecule has 86 valence electrons. The van der Waals surface area contributed by atoms with Crippen LogP contribution in [0.1, 0.15) is 24.8 Å². The van der Waals surface area contributed by atoms with Gasteiger partial charge in [0.15, 0.2) is 0 Å². The van der Waals surface area contributed by atoms with Gasteiger partial charge in [0, 0.05) is 11.1 Å². The molecule has 1 spiro atoms. The summed E-state index contributed by atoms with van der Waals surface area (Å²) in [6.07, 6.45) is 4.42. The molecule has 1 atom stereocenters. The fraction of sp³-hybridized carbons (Fsp3) is 0.538. The molecule has 3 heteroatoms. The summed E-state index contributed by atoms with van der Waals surface area (Å²) >= 11 is 3.50. The molecule has 0 bridgehead atoms. The normalized spacial score (nSPS) is 28.6. The molecule has 0 radical (unpaired) electrons. The lowest BCUT2D eigenvalue weighted by Gasteiger charge is -2.41. The summed E-state index contributed by atoms with van der Waals surface area (Å²) in [5, 5.41) is 0. The van der Waals surface area contributed by atoms with Gasteiger partial charge in [0.1, 0.15) is 11.4 Å². The van der Waals surface area contributed by atoms with Gasteiger partial charge in [-0.2, -0.15) is 0 Å². The lowest BCUT2D eigenvalue weighted by atomic mass is 9.87. The fourth-order valence-corrected chi connectivity index (χ4v) is 3.00. The van der Waals surface area contributed by atoms with E-state index in [0.29, 0.717) is 0 Å². The first-order valence-electron chi connectivity index (χ1n) is 5.83. The molecule has 0 amide bonds. The van der Waals surface area contributed by atoms with Crippen LogP contribution in [0.15, 0.2) is 22.7 Å². The van der Waals surface area contributed by atoms with Crippen molar-refractivity contribution < 1.29 is 9.47 Å². The second-order valence-electron chi connectivity index (χ2n) is 4.69. The Bertz CT molecular complexity index is 397. The molecule has 1 aromatic rings. The van der Waals surface area contributed by atoms with Crippen molar-refractivity contribution in [3.8, 4) is 5.75 Å². The zero-order valence-corrected chi connectivity index (χ0v) is 10.8. The van der Waals surface area contributed by atoms with Gasteiger partial charge in [-0.1, -0.05) is 15.9 Å². The molecular formula is C13H15BrO2. The largest absolute Gasteiger partial charge is 0.485 e. The average molecular weight is 283 g/mol. The minimum atomic E-state index is -0.0426. The molecule has 2 heterocycles. The quantitative estimate of drug-likeness (QED) is 0.727. The Morgan fingerprint density at radius 2 is 2.19 bits per heavy atom. The number of halogens is 1. The summed E-state index contributed by atoms with van der Waals surface area (Å²) in [6, 6.07) is 6.27. The lowest BCUT2D eigenvalue weighted by Crippen LogP contribution is -2.46. The molecule has 1 saturated heterocycles. The van der Waals surface area contributed by atoms with Crippen LogP contribution < -0.4 is 4.74 Å². The van der Waals surface area contributed by atoms with Crippen molar-refractivity contribution in [2.75, 3.05) is 13.2 Å². The Hall–Kier alpha value is -0.540. The predicted molar refractivity (Wildman–Crippen MR) is 65.9 cm³/mol. The third kappa shape index (κ3) is 1.87. The lowest BCUT2D eigenvalue weighted by molar-refractivity contribution is -0.0785. The first-order valence-corrected chi connectivity index (χ1v) is 6.62. The second-order valence-corrected chi connectivity index (χ2v) is 5.61. The van der Waals surface area contributed by atoms with Crippen molar-refractivity contribution in [2.45, 2.75) is 31.3 Å². The first kappa shape index (κ1) is 10.6. The van der Waals surface area contributed by atoms with Gasteiger partial charge in [0.25, 0.3) is 0 Å². The molecule has 1 aromatic carbocycles. The van der Waals surface area contributed by atoms with Crippen molar-refractivity contribution in [2.24, 2.45) is 0 Å². The van der Waals surface area contributed by atoms with Gasteiger partial charge in [-0.3, -0.25) is 0 Å². The van der Waals surface area contributed by atoms with Crippen LogP contribution in [0.25, 0.3) is 0 Å². The second kappa shape index (κ2) is 4.04. The van der Waals surface area contributed by atoms with Crippen molar-refractivity contribution in [1.29, 1.82) is 0 Å². The monoisotopic (exact) mass is 282 g/mol. The highest BCUT2D eigenvalue weighted by molar-refractivity contribution is 9.10. The number of ether oxygens (including phenoxy) is 2. The van der Waals surface area contributed by atoms with Crippen LogP contribution in [0.3, 0.4) is 0 Å². The summed E-state index contributed by atoms with van der Waals surface area (Å²) in [7, 11) is 0. The number of fused-ring (bicyclic) bond motifs is 1. The van der Waals surface area contributed by atoms with Gasteiger partial charge in [0.2, 0.25) is 0 Å². The Kier molecular flexibility index (Phi) is 2.68. The molecule has 0 N–H and O–H groups in total. The van der Waals surface area contributed by atoms with Gasteiger partial charge < -0.3 is 9.47 Å². The van der Waals surface area contributed by atoms with Crippen LogP contribution >= 0.6 is 15.9 Å². The van der Waals surface area contributed by atoms with Crippen LogP contribution in [0.5, 0.6) is 5.75 Å². The third-order valence-corrected chi connectivity index (χ3v) is 3.98. The average Bonchev–Trinajstić information content (AvgIpc) is 2.31. The van der Waals surface area contributed by atoms with E-state index in [2.05, 4.69) is 28.1 Å². The summed E-state index contributed by atoms with van der Waals surface area (Å²) in [6.45, 7) is 1.64. The first-order chi connectivity index (χ1) is 7.77. The Balaban J connectivity index is 1.88. The molecule has 2 aliphatic rings. The smallest absolute Gasteiger partial charge is 0.133 e. The van der Waals surface area contributed by atoms with Gasteiger partial charge in [-0.25, -0.2) is 0 Å². The van der Waals surface area contributed by atoms with Gasteiger partial charge in [-0.05, 0) is 49.4 Å². The summed E-state index contributed by atoms with van der Waals surface area (Å²) < 4.78 is 12.9. The highest BCUT2D eigenvalue weighted by Gasteiger charge is 2.38. The predicted octanol–water partition coefficient (Wildman–Crippen LogP) is 3.32. The molecule has 2 nitrogen and oxygen atoms in total. The minimum absolute atomic E-state index is 0.0426. The van der Waals surface area contributed by atoms with Crippen molar-refractivity contribution in [1.82, 2.24) is 0 Å². The summed E-state index contributed by atoms with van der Waals surface area (Å²) in [5.41, 5.74) is 1.27. The van der Waals surface area contributed by atoms with Crippen LogP contribution in [-0.4, -0.2) is 18.8 Å². The maximum atomic E-state index is 6.17. The van der Waals surface area contributed by atoms with Crippen LogP contribution in [0.4, 0.5) is 0 Å². The van der Waals surface area contributed by atoms with Gasteiger partial charge >= 0.3 is 0 Å². The van der Waals surface area contributed by atoms with Gasteiger partial charge in [0.05, 0.1) is 6.61 Å².